The number of rotatable bonds is 5. The molecule has 1 atom stereocenters. The molecule has 1 aromatic rings. The predicted molar refractivity (Wildman–Crippen MR) is 71.1 cm³/mol. The maximum Gasteiger partial charge on any atom is 0.304 e. The fraction of sp³-hybridized carbons (Fsp3) is 0.600. The van der Waals surface area contributed by atoms with Gasteiger partial charge in [0.25, 0.3) is 0 Å². The van der Waals surface area contributed by atoms with Crippen LogP contribution in [-0.4, -0.2) is 27.4 Å². The van der Waals surface area contributed by atoms with Crippen LogP contribution in [0.4, 0.5) is 0 Å². The van der Waals surface area contributed by atoms with E-state index in [4.69, 9.17) is 5.11 Å². The zero-order valence-electron chi connectivity index (χ0n) is 10.1. The van der Waals surface area contributed by atoms with Crippen LogP contribution in [0.15, 0.2) is 6.20 Å². The first-order valence-corrected chi connectivity index (χ1v) is 4.96. The minimum absolute atomic E-state index is 0. The first-order valence-electron chi connectivity index (χ1n) is 4.96. The van der Waals surface area contributed by atoms with Crippen molar-refractivity contribution in [3.63, 3.8) is 0 Å². The minimum atomic E-state index is -0.780. The van der Waals surface area contributed by atoms with Crippen LogP contribution >= 0.6 is 24.8 Å². The number of aliphatic carboxylic acids is 1. The van der Waals surface area contributed by atoms with Crippen LogP contribution in [-0.2, 0) is 11.8 Å². The summed E-state index contributed by atoms with van der Waals surface area (Å²) in [5.41, 5.74) is 2.22. The Morgan fingerprint density at radius 1 is 1.59 bits per heavy atom. The molecule has 0 saturated heterocycles. The lowest BCUT2D eigenvalue weighted by molar-refractivity contribution is -0.136. The lowest BCUT2D eigenvalue weighted by atomic mass is 10.1. The van der Waals surface area contributed by atoms with Crippen LogP contribution in [0, 0.1) is 6.92 Å². The molecule has 1 unspecified atom stereocenters. The van der Waals surface area contributed by atoms with E-state index in [0.29, 0.717) is 6.54 Å². The topological polar surface area (TPSA) is 67.2 Å². The number of halogens is 2. The van der Waals surface area contributed by atoms with Crippen molar-refractivity contribution < 1.29 is 9.90 Å². The summed E-state index contributed by atoms with van der Waals surface area (Å²) in [4.78, 5) is 10.3. The highest BCUT2D eigenvalue weighted by atomic mass is 35.5. The normalized spacial score (nSPS) is 11.2. The average molecular weight is 284 g/mol. The summed E-state index contributed by atoms with van der Waals surface area (Å²) >= 11 is 0. The highest BCUT2D eigenvalue weighted by Crippen LogP contribution is 2.15. The SMILES string of the molecule is Cc1c(C(C)NCCC(=O)O)cnn1C.Cl.Cl. The van der Waals surface area contributed by atoms with E-state index in [-0.39, 0.29) is 37.3 Å². The molecule has 0 aromatic carbocycles. The molecule has 1 rings (SSSR count). The molecule has 0 radical (unpaired) electrons. The van der Waals surface area contributed by atoms with Gasteiger partial charge in [-0.15, -0.1) is 24.8 Å². The van der Waals surface area contributed by atoms with E-state index in [1.165, 1.54) is 0 Å². The fourth-order valence-electron chi connectivity index (χ4n) is 1.45. The zero-order chi connectivity index (χ0) is 11.4. The Morgan fingerprint density at radius 3 is 2.59 bits per heavy atom. The molecule has 0 spiro atoms. The molecule has 0 amide bonds. The van der Waals surface area contributed by atoms with Crippen molar-refractivity contribution in [1.29, 1.82) is 0 Å². The lowest BCUT2D eigenvalue weighted by Gasteiger charge is -2.12. The predicted octanol–water partition coefficient (Wildman–Crippen LogP) is 1.70. The molecule has 0 fully saturated rings. The van der Waals surface area contributed by atoms with Crippen LogP contribution in [0.2, 0.25) is 0 Å². The monoisotopic (exact) mass is 283 g/mol. The Morgan fingerprint density at radius 2 is 2.18 bits per heavy atom. The van der Waals surface area contributed by atoms with Gasteiger partial charge in [0, 0.05) is 30.9 Å². The van der Waals surface area contributed by atoms with Crippen molar-refractivity contribution in [2.75, 3.05) is 6.54 Å². The first-order chi connectivity index (χ1) is 7.02. The zero-order valence-corrected chi connectivity index (χ0v) is 11.8. The van der Waals surface area contributed by atoms with Crippen molar-refractivity contribution in [1.82, 2.24) is 15.1 Å². The van der Waals surface area contributed by atoms with Gasteiger partial charge in [-0.3, -0.25) is 9.48 Å². The number of carboxylic acid groups (broad SMARTS) is 1. The first kappa shape index (κ1) is 18.6. The van der Waals surface area contributed by atoms with Crippen LogP contribution in [0.5, 0.6) is 0 Å². The molecule has 100 valence electrons. The summed E-state index contributed by atoms with van der Waals surface area (Å²) in [7, 11) is 1.89. The molecule has 1 aromatic heterocycles. The second kappa shape index (κ2) is 8.33. The van der Waals surface area contributed by atoms with Crippen molar-refractivity contribution in [2.24, 2.45) is 7.05 Å². The van der Waals surface area contributed by atoms with Gasteiger partial charge in [-0.2, -0.15) is 5.10 Å². The number of hydrogen-bond donors (Lipinski definition) is 2. The van der Waals surface area contributed by atoms with Crippen LogP contribution in [0.25, 0.3) is 0 Å². The lowest BCUT2D eigenvalue weighted by Crippen LogP contribution is -2.22. The summed E-state index contributed by atoms with van der Waals surface area (Å²) in [5, 5.41) is 15.8. The molecule has 2 N–H and O–H groups in total. The third-order valence-electron chi connectivity index (χ3n) is 2.53. The molecule has 0 aliphatic rings. The summed E-state index contributed by atoms with van der Waals surface area (Å²) in [6, 6.07) is 0.137. The van der Waals surface area contributed by atoms with Gasteiger partial charge in [0.15, 0.2) is 0 Å². The summed E-state index contributed by atoms with van der Waals surface area (Å²) in [5.74, 6) is -0.780. The molecule has 0 aliphatic carbocycles. The average Bonchev–Trinajstić information content (AvgIpc) is 2.47. The Hall–Kier alpha value is -0.780. The molecule has 17 heavy (non-hydrogen) atoms. The van der Waals surface area contributed by atoms with E-state index in [1.54, 1.807) is 0 Å². The Kier molecular flexibility index (Phi) is 9.11. The molecule has 0 saturated carbocycles. The maximum atomic E-state index is 10.3. The van der Waals surface area contributed by atoms with Crippen LogP contribution in [0.1, 0.15) is 30.6 Å². The summed E-state index contributed by atoms with van der Waals surface area (Å²) < 4.78 is 1.81. The number of hydrogen-bond acceptors (Lipinski definition) is 3. The van der Waals surface area contributed by atoms with Gasteiger partial charge >= 0.3 is 5.97 Å². The van der Waals surface area contributed by atoms with Gasteiger partial charge in [-0.05, 0) is 13.8 Å². The molecule has 7 heteroatoms. The number of carbonyl (C=O) groups is 1. The number of aryl methyl sites for hydroxylation is 1. The summed E-state index contributed by atoms with van der Waals surface area (Å²) in [6.45, 7) is 4.48. The van der Waals surface area contributed by atoms with Crippen molar-refractivity contribution in [3.05, 3.63) is 17.5 Å². The Bertz CT molecular complexity index is 355. The molecule has 0 bridgehead atoms. The molecular weight excluding hydrogens is 265 g/mol. The number of nitrogens with one attached hydrogen (secondary N) is 1. The number of nitrogens with zero attached hydrogens (tertiary/aromatic N) is 2. The molecule has 5 nitrogen and oxygen atoms in total. The van der Waals surface area contributed by atoms with E-state index in [0.717, 1.165) is 11.3 Å². The number of aromatic nitrogens is 2. The molecule has 0 aliphatic heterocycles. The minimum Gasteiger partial charge on any atom is -0.481 e. The van der Waals surface area contributed by atoms with Gasteiger partial charge < -0.3 is 10.4 Å². The second-order valence-corrected chi connectivity index (χ2v) is 3.63. The van der Waals surface area contributed by atoms with Gasteiger partial charge in [0.05, 0.1) is 12.6 Å². The largest absolute Gasteiger partial charge is 0.481 e. The van der Waals surface area contributed by atoms with E-state index in [2.05, 4.69) is 10.4 Å². The third-order valence-corrected chi connectivity index (χ3v) is 2.53. The van der Waals surface area contributed by atoms with Gasteiger partial charge in [-0.1, -0.05) is 0 Å². The highest BCUT2D eigenvalue weighted by Gasteiger charge is 2.11. The van der Waals surface area contributed by atoms with E-state index in [1.807, 2.05) is 31.8 Å². The molecular formula is C10H19Cl2N3O2. The highest BCUT2D eigenvalue weighted by molar-refractivity contribution is 5.85. The van der Waals surface area contributed by atoms with Crippen molar-refractivity contribution >= 4 is 30.8 Å². The van der Waals surface area contributed by atoms with Crippen molar-refractivity contribution in [3.8, 4) is 0 Å². The van der Waals surface area contributed by atoms with E-state index < -0.39 is 5.97 Å². The Labute approximate surface area is 113 Å². The van der Waals surface area contributed by atoms with Gasteiger partial charge in [0.1, 0.15) is 0 Å². The smallest absolute Gasteiger partial charge is 0.304 e. The van der Waals surface area contributed by atoms with Crippen LogP contribution in [0.3, 0.4) is 0 Å². The second-order valence-electron chi connectivity index (χ2n) is 3.63. The van der Waals surface area contributed by atoms with Gasteiger partial charge in [0.2, 0.25) is 0 Å². The van der Waals surface area contributed by atoms with E-state index >= 15 is 0 Å². The van der Waals surface area contributed by atoms with Gasteiger partial charge in [-0.25, -0.2) is 0 Å². The van der Waals surface area contributed by atoms with Crippen molar-refractivity contribution in [2.45, 2.75) is 26.3 Å². The summed E-state index contributed by atoms with van der Waals surface area (Å²) in [6.07, 6.45) is 1.96. The molecule has 1 heterocycles. The fourth-order valence-corrected chi connectivity index (χ4v) is 1.45. The standard InChI is InChI=1S/C10H17N3O2.2ClH/c1-7(11-5-4-10(14)15)9-6-12-13(3)8(9)2;;/h6-7,11H,4-5H2,1-3H3,(H,14,15);2*1H. The third kappa shape index (κ3) is 5.39. The quantitative estimate of drug-likeness (QED) is 0.863. The maximum absolute atomic E-state index is 10.3. The Balaban J connectivity index is 0. The van der Waals surface area contributed by atoms with E-state index in [9.17, 15) is 4.79 Å². The number of carboxylic acids is 1. The van der Waals surface area contributed by atoms with Crippen LogP contribution < -0.4 is 5.32 Å².